The van der Waals surface area contributed by atoms with Gasteiger partial charge in [-0.1, -0.05) is 19.3 Å². The van der Waals surface area contributed by atoms with Crippen LogP contribution in [-0.2, 0) is 6.54 Å². The number of pyridine rings is 1. The molecule has 1 saturated carbocycles. The molecule has 0 unspecified atom stereocenters. The average molecular weight is 284 g/mol. The van der Waals surface area contributed by atoms with E-state index in [4.69, 9.17) is 4.42 Å². The van der Waals surface area contributed by atoms with Gasteiger partial charge in [-0.15, -0.1) is 0 Å². The first kappa shape index (κ1) is 13.9. The van der Waals surface area contributed by atoms with Crippen molar-refractivity contribution in [1.82, 2.24) is 9.88 Å². The van der Waals surface area contributed by atoms with Crippen molar-refractivity contribution in [3.8, 4) is 0 Å². The molecule has 2 aromatic heterocycles. The normalized spacial score (nSPS) is 15.8. The zero-order valence-electron chi connectivity index (χ0n) is 12.1. The van der Waals surface area contributed by atoms with Gasteiger partial charge in [-0.3, -0.25) is 9.78 Å². The first-order valence-corrected chi connectivity index (χ1v) is 7.56. The fraction of sp³-hybridized carbons (Fsp3) is 0.412. The maximum absolute atomic E-state index is 12.8. The van der Waals surface area contributed by atoms with Crippen LogP contribution in [0.3, 0.4) is 0 Å². The second kappa shape index (κ2) is 6.57. The summed E-state index contributed by atoms with van der Waals surface area (Å²) in [5.74, 6) is 0.0884. The number of furan rings is 1. The second-order valence-electron chi connectivity index (χ2n) is 5.59. The van der Waals surface area contributed by atoms with Gasteiger partial charge in [-0.2, -0.15) is 0 Å². The van der Waals surface area contributed by atoms with Crippen LogP contribution in [0.2, 0.25) is 0 Å². The number of aromatic nitrogens is 1. The quantitative estimate of drug-likeness (QED) is 0.861. The molecule has 1 aliphatic rings. The van der Waals surface area contributed by atoms with E-state index in [1.807, 2.05) is 11.0 Å². The van der Waals surface area contributed by atoms with Gasteiger partial charge in [0.25, 0.3) is 5.91 Å². The highest BCUT2D eigenvalue weighted by Crippen LogP contribution is 2.25. The molecule has 4 nitrogen and oxygen atoms in total. The average Bonchev–Trinajstić information content (AvgIpc) is 3.07. The summed E-state index contributed by atoms with van der Waals surface area (Å²) in [6.07, 6.45) is 12.6. The van der Waals surface area contributed by atoms with Crippen molar-refractivity contribution in [2.24, 2.45) is 0 Å². The van der Waals surface area contributed by atoms with E-state index in [-0.39, 0.29) is 5.91 Å². The van der Waals surface area contributed by atoms with E-state index in [0.717, 1.165) is 18.4 Å². The van der Waals surface area contributed by atoms with Crippen LogP contribution in [-0.4, -0.2) is 21.8 Å². The maximum atomic E-state index is 12.8. The Labute approximate surface area is 124 Å². The lowest BCUT2D eigenvalue weighted by Gasteiger charge is -2.34. The monoisotopic (exact) mass is 284 g/mol. The minimum absolute atomic E-state index is 0.0884. The Morgan fingerprint density at radius 3 is 2.62 bits per heavy atom. The second-order valence-corrected chi connectivity index (χ2v) is 5.59. The summed E-state index contributed by atoms with van der Waals surface area (Å²) in [4.78, 5) is 18.8. The van der Waals surface area contributed by atoms with Gasteiger partial charge in [-0.05, 0) is 31.0 Å². The van der Waals surface area contributed by atoms with Crippen LogP contribution in [0.5, 0.6) is 0 Å². The van der Waals surface area contributed by atoms with Crippen LogP contribution in [0.4, 0.5) is 0 Å². The summed E-state index contributed by atoms with van der Waals surface area (Å²) in [5.41, 5.74) is 1.75. The molecule has 0 atom stereocenters. The Balaban J connectivity index is 1.82. The first-order chi connectivity index (χ1) is 10.3. The third-order valence-corrected chi connectivity index (χ3v) is 4.14. The molecule has 2 aromatic rings. The van der Waals surface area contributed by atoms with Gasteiger partial charge in [0.05, 0.1) is 12.5 Å². The lowest BCUT2D eigenvalue weighted by Crippen LogP contribution is -2.40. The molecule has 1 aliphatic carbocycles. The summed E-state index contributed by atoms with van der Waals surface area (Å²) in [7, 11) is 0. The van der Waals surface area contributed by atoms with Crippen molar-refractivity contribution in [1.29, 1.82) is 0 Å². The number of hydrogen-bond acceptors (Lipinski definition) is 3. The van der Waals surface area contributed by atoms with Crippen LogP contribution >= 0.6 is 0 Å². The Hall–Kier alpha value is -2.10. The number of nitrogens with zero attached hydrogens (tertiary/aromatic N) is 2. The molecule has 0 aromatic carbocycles. The molecule has 2 heterocycles. The van der Waals surface area contributed by atoms with Gasteiger partial charge in [-0.25, -0.2) is 0 Å². The van der Waals surface area contributed by atoms with Crippen molar-refractivity contribution >= 4 is 5.91 Å². The predicted octanol–water partition coefficient (Wildman–Crippen LogP) is 3.65. The summed E-state index contributed by atoms with van der Waals surface area (Å²) in [5, 5.41) is 0. The van der Waals surface area contributed by atoms with E-state index < -0.39 is 0 Å². The van der Waals surface area contributed by atoms with Crippen molar-refractivity contribution < 1.29 is 9.21 Å². The molecule has 0 aliphatic heterocycles. The molecule has 0 spiro atoms. The number of hydrogen-bond donors (Lipinski definition) is 0. The number of carbonyl (C=O) groups is 1. The Morgan fingerprint density at radius 1 is 1.19 bits per heavy atom. The minimum atomic E-state index is 0.0884. The maximum Gasteiger partial charge on any atom is 0.254 e. The van der Waals surface area contributed by atoms with Gasteiger partial charge < -0.3 is 9.32 Å². The van der Waals surface area contributed by atoms with E-state index >= 15 is 0 Å². The molecular weight excluding hydrogens is 264 g/mol. The lowest BCUT2D eigenvalue weighted by molar-refractivity contribution is 0.0614. The fourth-order valence-electron chi connectivity index (χ4n) is 3.00. The Bertz CT molecular complexity index is 560. The van der Waals surface area contributed by atoms with E-state index in [9.17, 15) is 4.79 Å². The van der Waals surface area contributed by atoms with E-state index in [1.165, 1.54) is 19.3 Å². The van der Waals surface area contributed by atoms with Gasteiger partial charge in [0.1, 0.15) is 0 Å². The van der Waals surface area contributed by atoms with Crippen LogP contribution in [0.15, 0.2) is 47.5 Å². The van der Waals surface area contributed by atoms with Crippen molar-refractivity contribution in [3.63, 3.8) is 0 Å². The van der Waals surface area contributed by atoms with Gasteiger partial charge in [0, 0.05) is 36.1 Å². The summed E-state index contributed by atoms with van der Waals surface area (Å²) in [6, 6.07) is 5.82. The van der Waals surface area contributed by atoms with Crippen molar-refractivity contribution in [2.75, 3.05) is 0 Å². The molecule has 1 amide bonds. The molecule has 0 N–H and O–H groups in total. The molecule has 0 bridgehead atoms. The summed E-state index contributed by atoms with van der Waals surface area (Å²) >= 11 is 0. The smallest absolute Gasteiger partial charge is 0.254 e. The Morgan fingerprint density at radius 2 is 1.95 bits per heavy atom. The first-order valence-electron chi connectivity index (χ1n) is 7.56. The minimum Gasteiger partial charge on any atom is -0.472 e. The highest BCUT2D eigenvalue weighted by Gasteiger charge is 2.26. The van der Waals surface area contributed by atoms with E-state index in [0.29, 0.717) is 18.2 Å². The summed E-state index contributed by atoms with van der Waals surface area (Å²) in [6.45, 7) is 0.613. The third-order valence-electron chi connectivity index (χ3n) is 4.14. The van der Waals surface area contributed by atoms with Gasteiger partial charge in [0.15, 0.2) is 0 Å². The Kier molecular flexibility index (Phi) is 4.34. The molecule has 3 rings (SSSR count). The molecular formula is C17H20N2O2. The highest BCUT2D eigenvalue weighted by atomic mass is 16.3. The van der Waals surface area contributed by atoms with Gasteiger partial charge >= 0.3 is 0 Å². The van der Waals surface area contributed by atoms with E-state index in [1.54, 1.807) is 37.1 Å². The van der Waals surface area contributed by atoms with Crippen LogP contribution in [0.25, 0.3) is 0 Å². The topological polar surface area (TPSA) is 46.3 Å². The predicted molar refractivity (Wildman–Crippen MR) is 79.7 cm³/mol. The fourth-order valence-corrected chi connectivity index (χ4v) is 3.00. The molecule has 0 saturated heterocycles. The van der Waals surface area contributed by atoms with Gasteiger partial charge in [0.2, 0.25) is 0 Å². The molecule has 110 valence electrons. The van der Waals surface area contributed by atoms with Crippen LogP contribution in [0.1, 0.15) is 48.0 Å². The molecule has 0 radical (unpaired) electrons. The SMILES string of the molecule is O=C(c1ccncc1)N(Cc1ccoc1)C1CCCCC1. The largest absolute Gasteiger partial charge is 0.472 e. The molecule has 1 fully saturated rings. The third kappa shape index (κ3) is 3.32. The number of amides is 1. The van der Waals surface area contributed by atoms with E-state index in [2.05, 4.69) is 4.98 Å². The van der Waals surface area contributed by atoms with Crippen molar-refractivity contribution in [3.05, 3.63) is 54.2 Å². The zero-order chi connectivity index (χ0) is 14.5. The number of rotatable bonds is 4. The lowest BCUT2D eigenvalue weighted by atomic mass is 9.93. The zero-order valence-corrected chi connectivity index (χ0v) is 12.1. The summed E-state index contributed by atoms with van der Waals surface area (Å²) < 4.78 is 5.14. The number of carbonyl (C=O) groups excluding carboxylic acids is 1. The standard InChI is InChI=1S/C17H20N2O2/c20-17(15-6-9-18-10-7-15)19(12-14-8-11-21-13-14)16-4-2-1-3-5-16/h6-11,13,16H,1-5,12H2. The molecule has 21 heavy (non-hydrogen) atoms. The van der Waals surface area contributed by atoms with Crippen LogP contribution < -0.4 is 0 Å². The highest BCUT2D eigenvalue weighted by molar-refractivity contribution is 5.94. The molecule has 4 heteroatoms. The van der Waals surface area contributed by atoms with Crippen LogP contribution in [0, 0.1) is 0 Å². The van der Waals surface area contributed by atoms with Crippen molar-refractivity contribution in [2.45, 2.75) is 44.7 Å².